The van der Waals surface area contributed by atoms with Crippen molar-refractivity contribution in [2.75, 3.05) is 6.54 Å². The van der Waals surface area contributed by atoms with Crippen molar-refractivity contribution in [1.82, 2.24) is 24.8 Å². The Morgan fingerprint density at radius 3 is 2.77 bits per heavy atom. The van der Waals surface area contributed by atoms with Crippen LogP contribution in [0.1, 0.15) is 17.0 Å². The lowest BCUT2D eigenvalue weighted by Gasteiger charge is -2.26. The van der Waals surface area contributed by atoms with E-state index >= 15 is 0 Å². The molecule has 0 aliphatic carbocycles. The molecule has 7 nitrogen and oxygen atoms in total. The van der Waals surface area contributed by atoms with Crippen molar-refractivity contribution in [3.05, 3.63) is 86.5 Å². The first kappa shape index (κ1) is 19.9. The van der Waals surface area contributed by atoms with E-state index in [4.69, 9.17) is 27.6 Å². The van der Waals surface area contributed by atoms with E-state index in [-0.39, 0.29) is 5.56 Å². The Labute approximate surface area is 187 Å². The molecular weight excluding hydrogens is 437 g/mol. The van der Waals surface area contributed by atoms with Gasteiger partial charge >= 0.3 is 0 Å². The molecule has 0 fully saturated rings. The third-order valence-electron chi connectivity index (χ3n) is 5.22. The summed E-state index contributed by atoms with van der Waals surface area (Å²) < 4.78 is 6.00. The summed E-state index contributed by atoms with van der Waals surface area (Å²) in [5.41, 5.74) is 2.83. The van der Waals surface area contributed by atoms with E-state index in [1.165, 1.54) is 6.33 Å². The normalized spacial score (nSPS) is 13.9. The fourth-order valence-electron chi connectivity index (χ4n) is 3.69. The number of nitrogens with one attached hydrogen (secondary N) is 1. The van der Waals surface area contributed by atoms with Crippen molar-refractivity contribution in [1.29, 1.82) is 0 Å². The summed E-state index contributed by atoms with van der Waals surface area (Å²) in [7, 11) is 0. The van der Waals surface area contributed by atoms with Crippen LogP contribution in [0.5, 0.6) is 0 Å². The van der Waals surface area contributed by atoms with Crippen LogP contribution in [0.15, 0.2) is 58.3 Å². The molecule has 0 amide bonds. The van der Waals surface area contributed by atoms with Gasteiger partial charge in [-0.25, -0.2) is 15.0 Å². The molecule has 0 saturated heterocycles. The van der Waals surface area contributed by atoms with E-state index in [2.05, 4.69) is 24.8 Å². The number of H-pyrrole nitrogens is 1. The van der Waals surface area contributed by atoms with Crippen LogP contribution in [0.4, 0.5) is 0 Å². The van der Waals surface area contributed by atoms with Gasteiger partial charge in [0.25, 0.3) is 5.56 Å². The van der Waals surface area contributed by atoms with Crippen molar-refractivity contribution >= 4 is 23.2 Å². The van der Waals surface area contributed by atoms with Crippen molar-refractivity contribution in [3.8, 4) is 22.7 Å². The maximum Gasteiger partial charge on any atom is 0.255 e. The van der Waals surface area contributed by atoms with Gasteiger partial charge in [-0.2, -0.15) is 0 Å². The Morgan fingerprint density at radius 2 is 1.97 bits per heavy atom. The van der Waals surface area contributed by atoms with Gasteiger partial charge in [0.2, 0.25) is 0 Å². The largest absolute Gasteiger partial charge is 0.460 e. The van der Waals surface area contributed by atoms with Gasteiger partial charge in [0, 0.05) is 42.5 Å². The maximum atomic E-state index is 12.7. The Balaban J connectivity index is 1.34. The summed E-state index contributed by atoms with van der Waals surface area (Å²) in [6.07, 6.45) is 5.39. The fraction of sp³-hybridized carbons (Fsp3) is 0.182. The molecule has 4 aromatic rings. The van der Waals surface area contributed by atoms with Gasteiger partial charge in [0.15, 0.2) is 0 Å². The van der Waals surface area contributed by atoms with Crippen LogP contribution in [-0.2, 0) is 19.5 Å². The van der Waals surface area contributed by atoms with E-state index in [9.17, 15) is 4.79 Å². The molecule has 1 aliphatic rings. The second-order valence-corrected chi connectivity index (χ2v) is 8.16. The summed E-state index contributed by atoms with van der Waals surface area (Å²) in [6, 6.07) is 9.13. The molecule has 1 aromatic carbocycles. The third-order valence-corrected chi connectivity index (χ3v) is 5.77. The summed E-state index contributed by atoms with van der Waals surface area (Å²) in [6.45, 7) is 1.85. The molecule has 0 radical (unpaired) electrons. The lowest BCUT2D eigenvalue weighted by Crippen LogP contribution is -2.35. The monoisotopic (exact) mass is 453 g/mol. The van der Waals surface area contributed by atoms with E-state index in [0.717, 1.165) is 23.6 Å². The summed E-state index contributed by atoms with van der Waals surface area (Å²) >= 11 is 12.3. The van der Waals surface area contributed by atoms with Crippen LogP contribution in [0.25, 0.3) is 22.7 Å². The number of nitrogens with zero attached hydrogens (tertiary/aromatic N) is 4. The van der Waals surface area contributed by atoms with Crippen molar-refractivity contribution in [2.24, 2.45) is 0 Å². The molecule has 0 unspecified atom stereocenters. The highest BCUT2D eigenvalue weighted by atomic mass is 35.5. The second-order valence-electron chi connectivity index (χ2n) is 7.32. The van der Waals surface area contributed by atoms with Gasteiger partial charge in [-0.1, -0.05) is 23.2 Å². The number of fused-ring (bicyclic) bond motifs is 1. The van der Waals surface area contributed by atoms with E-state index in [0.29, 0.717) is 52.3 Å². The number of aromatic amines is 1. The molecule has 9 heteroatoms. The van der Waals surface area contributed by atoms with Gasteiger partial charge in [0.1, 0.15) is 23.7 Å². The van der Waals surface area contributed by atoms with Crippen LogP contribution in [-0.4, -0.2) is 31.4 Å². The number of hydrogen-bond acceptors (Lipinski definition) is 6. The molecule has 5 rings (SSSR count). The first-order valence-electron chi connectivity index (χ1n) is 9.71. The first-order valence-corrected chi connectivity index (χ1v) is 10.5. The van der Waals surface area contributed by atoms with Crippen molar-refractivity contribution in [3.63, 3.8) is 0 Å². The topological polar surface area (TPSA) is 87.9 Å². The predicted octanol–water partition coefficient (Wildman–Crippen LogP) is 4.35. The van der Waals surface area contributed by atoms with E-state index < -0.39 is 0 Å². The van der Waals surface area contributed by atoms with Crippen molar-refractivity contribution in [2.45, 2.75) is 19.5 Å². The molecular formula is C22H17Cl2N5O2. The Kier molecular flexibility index (Phi) is 5.31. The Bertz CT molecular complexity index is 1300. The summed E-state index contributed by atoms with van der Waals surface area (Å²) in [5.74, 6) is 1.98. The maximum absolute atomic E-state index is 12.7. The number of aromatic nitrogens is 4. The van der Waals surface area contributed by atoms with Gasteiger partial charge in [-0.15, -0.1) is 0 Å². The van der Waals surface area contributed by atoms with Crippen molar-refractivity contribution < 1.29 is 4.42 Å². The lowest BCUT2D eigenvalue weighted by atomic mass is 10.1. The predicted molar refractivity (Wildman–Crippen MR) is 118 cm³/mol. The molecule has 0 spiro atoms. The second kappa shape index (κ2) is 8.26. The Hall–Kier alpha value is -3.00. The minimum absolute atomic E-state index is 0.137. The van der Waals surface area contributed by atoms with Gasteiger partial charge in [-0.05, 0) is 30.3 Å². The van der Waals surface area contributed by atoms with Gasteiger partial charge in [-0.3, -0.25) is 9.69 Å². The number of halogens is 2. The highest BCUT2D eigenvalue weighted by Gasteiger charge is 2.22. The van der Waals surface area contributed by atoms with Crippen LogP contribution >= 0.6 is 23.2 Å². The molecule has 0 bridgehead atoms. The zero-order chi connectivity index (χ0) is 21.4. The standard InChI is InChI=1S/C22H17Cl2N5O2/c23-14-1-3-16(18(24)7-14)20-4-2-15(31-20)10-29-6-5-19-17(11-29)22(30)28-21(27-19)13-8-25-12-26-9-13/h1-4,7-9,12H,5-6,10-11H2,(H,27,28,30). The molecule has 0 saturated carbocycles. The van der Waals surface area contributed by atoms with Crippen LogP contribution in [0.2, 0.25) is 10.0 Å². The van der Waals surface area contributed by atoms with Crippen LogP contribution in [0, 0.1) is 0 Å². The third kappa shape index (κ3) is 4.12. The van der Waals surface area contributed by atoms with E-state index in [1.807, 2.05) is 18.2 Å². The average molecular weight is 454 g/mol. The molecule has 1 aliphatic heterocycles. The highest BCUT2D eigenvalue weighted by molar-refractivity contribution is 6.36. The van der Waals surface area contributed by atoms with Crippen LogP contribution < -0.4 is 5.56 Å². The van der Waals surface area contributed by atoms with Crippen LogP contribution in [0.3, 0.4) is 0 Å². The Morgan fingerprint density at radius 1 is 1.13 bits per heavy atom. The molecule has 0 atom stereocenters. The minimum Gasteiger partial charge on any atom is -0.460 e. The zero-order valence-corrected chi connectivity index (χ0v) is 17.8. The number of benzene rings is 1. The molecule has 156 valence electrons. The summed E-state index contributed by atoms with van der Waals surface area (Å²) in [5, 5.41) is 1.12. The molecule has 3 aromatic heterocycles. The highest BCUT2D eigenvalue weighted by Crippen LogP contribution is 2.32. The van der Waals surface area contributed by atoms with E-state index in [1.54, 1.807) is 24.5 Å². The minimum atomic E-state index is -0.137. The molecule has 4 heterocycles. The SMILES string of the molecule is O=c1[nH]c(-c2cncnc2)nc2c1CN(Cc1ccc(-c3ccc(Cl)cc3Cl)o1)CC2. The zero-order valence-electron chi connectivity index (χ0n) is 16.3. The lowest BCUT2D eigenvalue weighted by molar-refractivity contribution is 0.223. The van der Waals surface area contributed by atoms with Gasteiger partial charge in [0.05, 0.1) is 28.4 Å². The fourth-order valence-corrected chi connectivity index (χ4v) is 4.19. The smallest absolute Gasteiger partial charge is 0.255 e. The number of furan rings is 1. The molecule has 31 heavy (non-hydrogen) atoms. The first-order chi connectivity index (χ1) is 15.1. The quantitative estimate of drug-likeness (QED) is 0.493. The number of hydrogen-bond donors (Lipinski definition) is 1. The van der Waals surface area contributed by atoms with Gasteiger partial charge < -0.3 is 9.40 Å². The average Bonchev–Trinajstić information content (AvgIpc) is 3.22. The number of rotatable bonds is 4. The summed E-state index contributed by atoms with van der Waals surface area (Å²) in [4.78, 5) is 30.3. The molecule has 1 N–H and O–H groups in total.